The predicted octanol–water partition coefficient (Wildman–Crippen LogP) is 1.35. The molecule has 0 saturated heterocycles. The summed E-state index contributed by atoms with van der Waals surface area (Å²) in [5.74, 6) is -1.40. The molecule has 0 radical (unpaired) electrons. The van der Waals surface area contributed by atoms with E-state index < -0.39 is 11.9 Å². The third kappa shape index (κ3) is 3.23. The Morgan fingerprint density at radius 3 is 2.69 bits per heavy atom. The molecule has 16 heavy (non-hydrogen) atoms. The third-order valence-corrected chi connectivity index (χ3v) is 2.72. The maximum absolute atomic E-state index is 11.2. The Balaban J connectivity index is 2.82. The van der Waals surface area contributed by atoms with E-state index in [0.29, 0.717) is 16.3 Å². The first kappa shape index (κ1) is 12.5. The van der Waals surface area contributed by atoms with Gasteiger partial charge in [-0.15, -0.1) is 0 Å². The van der Waals surface area contributed by atoms with Crippen LogP contribution in [0, 0.1) is 6.92 Å². The van der Waals surface area contributed by atoms with Gasteiger partial charge in [0.2, 0.25) is 0 Å². The number of nitrogens with zero attached hydrogens (tertiary/aromatic N) is 1. The largest absolute Gasteiger partial charge is 0.481 e. The van der Waals surface area contributed by atoms with E-state index in [1.165, 1.54) is 7.11 Å². The number of thioether (sulfide) groups is 1. The van der Waals surface area contributed by atoms with Gasteiger partial charge in [-0.2, -0.15) is 0 Å². The van der Waals surface area contributed by atoms with Gasteiger partial charge >= 0.3 is 11.9 Å². The number of aryl methyl sites for hydroxylation is 1. The number of aliphatic carboxylic acids is 1. The van der Waals surface area contributed by atoms with Gasteiger partial charge in [0.05, 0.1) is 29.1 Å². The summed E-state index contributed by atoms with van der Waals surface area (Å²) in [6, 6.07) is 3.19. The minimum Gasteiger partial charge on any atom is -0.481 e. The standard InChI is InChI=1S/C10H11NO4S/c1-6-7(10(14)15-2)3-4-8(11-6)16-5-9(12)13/h3-4H,5H2,1-2H3,(H,12,13). The van der Waals surface area contributed by atoms with Crippen molar-refractivity contribution in [2.24, 2.45) is 0 Å². The molecule has 1 N–H and O–H groups in total. The lowest BCUT2D eigenvalue weighted by Crippen LogP contribution is -2.06. The van der Waals surface area contributed by atoms with Crippen molar-refractivity contribution in [2.45, 2.75) is 11.9 Å². The Kier molecular flexibility index (Phi) is 4.30. The Morgan fingerprint density at radius 1 is 1.50 bits per heavy atom. The molecule has 1 aromatic rings. The Labute approximate surface area is 96.8 Å². The molecule has 0 aliphatic carbocycles. The number of carbonyl (C=O) groups is 2. The zero-order valence-electron chi connectivity index (χ0n) is 8.89. The van der Waals surface area contributed by atoms with Crippen LogP contribution in [0.4, 0.5) is 0 Å². The van der Waals surface area contributed by atoms with Crippen LogP contribution >= 0.6 is 11.8 Å². The summed E-state index contributed by atoms with van der Waals surface area (Å²) < 4.78 is 4.58. The highest BCUT2D eigenvalue weighted by molar-refractivity contribution is 7.99. The maximum Gasteiger partial charge on any atom is 0.339 e. The van der Waals surface area contributed by atoms with Crippen LogP contribution < -0.4 is 0 Å². The zero-order chi connectivity index (χ0) is 12.1. The lowest BCUT2D eigenvalue weighted by molar-refractivity contribution is -0.133. The molecular weight excluding hydrogens is 230 g/mol. The van der Waals surface area contributed by atoms with E-state index in [-0.39, 0.29) is 5.75 Å². The first-order valence-electron chi connectivity index (χ1n) is 4.45. The van der Waals surface area contributed by atoms with Crippen molar-refractivity contribution in [3.05, 3.63) is 23.4 Å². The van der Waals surface area contributed by atoms with Gasteiger partial charge in [0.15, 0.2) is 0 Å². The van der Waals surface area contributed by atoms with Gasteiger partial charge in [-0.25, -0.2) is 9.78 Å². The summed E-state index contributed by atoms with van der Waals surface area (Å²) in [6.45, 7) is 1.68. The monoisotopic (exact) mass is 241 g/mol. The van der Waals surface area contributed by atoms with Crippen LogP contribution in [0.3, 0.4) is 0 Å². The van der Waals surface area contributed by atoms with Crippen molar-refractivity contribution < 1.29 is 19.4 Å². The molecule has 1 heterocycles. The first-order valence-corrected chi connectivity index (χ1v) is 5.43. The summed E-state index contributed by atoms with van der Waals surface area (Å²) in [5.41, 5.74) is 0.921. The Hall–Kier alpha value is -1.56. The average molecular weight is 241 g/mol. The van der Waals surface area contributed by atoms with Crippen LogP contribution in [0.25, 0.3) is 0 Å². The minimum atomic E-state index is -0.901. The van der Waals surface area contributed by atoms with E-state index in [9.17, 15) is 9.59 Å². The van der Waals surface area contributed by atoms with Crippen LogP contribution in [0.5, 0.6) is 0 Å². The third-order valence-electron chi connectivity index (χ3n) is 1.81. The van der Waals surface area contributed by atoms with Crippen LogP contribution in [0.15, 0.2) is 17.2 Å². The molecule has 0 saturated carbocycles. The molecule has 0 atom stereocenters. The Morgan fingerprint density at radius 2 is 2.19 bits per heavy atom. The van der Waals surface area contributed by atoms with E-state index in [4.69, 9.17) is 5.11 Å². The average Bonchev–Trinajstić information content (AvgIpc) is 2.25. The number of methoxy groups -OCH3 is 1. The molecular formula is C10H11NO4S. The summed E-state index contributed by atoms with van der Waals surface area (Å²) in [5, 5.41) is 9.08. The van der Waals surface area contributed by atoms with Crippen molar-refractivity contribution in [1.82, 2.24) is 4.98 Å². The summed E-state index contributed by atoms with van der Waals surface area (Å²) in [7, 11) is 1.30. The number of rotatable bonds is 4. The quantitative estimate of drug-likeness (QED) is 0.633. The first-order chi connectivity index (χ1) is 7.54. The van der Waals surface area contributed by atoms with Gasteiger partial charge in [-0.1, -0.05) is 11.8 Å². The maximum atomic E-state index is 11.2. The predicted molar refractivity (Wildman–Crippen MR) is 58.7 cm³/mol. The molecule has 0 aromatic carbocycles. The molecule has 0 spiro atoms. The van der Waals surface area contributed by atoms with E-state index in [0.717, 1.165) is 11.8 Å². The minimum absolute atomic E-state index is 0.0516. The molecule has 1 rings (SSSR count). The molecule has 0 unspecified atom stereocenters. The number of carboxylic acid groups (broad SMARTS) is 1. The number of aromatic nitrogens is 1. The van der Waals surface area contributed by atoms with Gasteiger partial charge < -0.3 is 9.84 Å². The van der Waals surface area contributed by atoms with Gasteiger partial charge in [0.25, 0.3) is 0 Å². The highest BCUT2D eigenvalue weighted by Gasteiger charge is 2.11. The van der Waals surface area contributed by atoms with Gasteiger partial charge in [-0.3, -0.25) is 4.79 Å². The molecule has 5 nitrogen and oxygen atoms in total. The summed E-state index contributed by atoms with van der Waals surface area (Å²) in [4.78, 5) is 25.7. The number of hydrogen-bond acceptors (Lipinski definition) is 5. The molecule has 86 valence electrons. The number of hydrogen-bond donors (Lipinski definition) is 1. The second-order valence-electron chi connectivity index (χ2n) is 2.96. The molecule has 0 aliphatic rings. The van der Waals surface area contributed by atoms with Crippen LogP contribution in [-0.2, 0) is 9.53 Å². The fourth-order valence-corrected chi connectivity index (χ4v) is 1.72. The van der Waals surface area contributed by atoms with Crippen molar-refractivity contribution >= 4 is 23.7 Å². The van der Waals surface area contributed by atoms with Crippen LogP contribution in [-0.4, -0.2) is 34.9 Å². The second kappa shape index (κ2) is 5.50. The molecule has 1 aromatic heterocycles. The van der Waals surface area contributed by atoms with E-state index >= 15 is 0 Å². The molecule has 0 aliphatic heterocycles. The van der Waals surface area contributed by atoms with Crippen molar-refractivity contribution in [3.63, 3.8) is 0 Å². The zero-order valence-corrected chi connectivity index (χ0v) is 9.71. The fourth-order valence-electron chi connectivity index (χ4n) is 1.08. The summed E-state index contributed by atoms with van der Waals surface area (Å²) in [6.07, 6.45) is 0. The lowest BCUT2D eigenvalue weighted by atomic mass is 10.2. The molecule has 0 fully saturated rings. The van der Waals surface area contributed by atoms with E-state index in [2.05, 4.69) is 9.72 Å². The molecule has 6 heteroatoms. The molecule has 0 amide bonds. The summed E-state index contributed by atoms with van der Waals surface area (Å²) >= 11 is 1.11. The van der Waals surface area contributed by atoms with Gasteiger partial charge in [-0.05, 0) is 19.1 Å². The number of esters is 1. The van der Waals surface area contributed by atoms with Gasteiger partial charge in [0.1, 0.15) is 0 Å². The van der Waals surface area contributed by atoms with E-state index in [1.54, 1.807) is 19.1 Å². The second-order valence-corrected chi connectivity index (χ2v) is 3.95. The van der Waals surface area contributed by atoms with Crippen LogP contribution in [0.2, 0.25) is 0 Å². The van der Waals surface area contributed by atoms with Gasteiger partial charge in [0, 0.05) is 0 Å². The van der Waals surface area contributed by atoms with E-state index in [1.807, 2.05) is 0 Å². The number of carbonyl (C=O) groups excluding carboxylic acids is 1. The van der Waals surface area contributed by atoms with Crippen molar-refractivity contribution in [3.8, 4) is 0 Å². The number of pyridine rings is 1. The number of ether oxygens (including phenoxy) is 1. The highest BCUT2D eigenvalue weighted by Crippen LogP contribution is 2.17. The SMILES string of the molecule is COC(=O)c1ccc(SCC(=O)O)nc1C. The van der Waals surface area contributed by atoms with Crippen molar-refractivity contribution in [2.75, 3.05) is 12.9 Å². The van der Waals surface area contributed by atoms with Crippen LogP contribution in [0.1, 0.15) is 16.1 Å². The normalized spacial score (nSPS) is 9.88. The topological polar surface area (TPSA) is 76.5 Å². The highest BCUT2D eigenvalue weighted by atomic mass is 32.2. The molecule has 0 bridgehead atoms. The van der Waals surface area contributed by atoms with Crippen molar-refractivity contribution in [1.29, 1.82) is 0 Å². The lowest BCUT2D eigenvalue weighted by Gasteiger charge is -2.04. The fraction of sp³-hybridized carbons (Fsp3) is 0.300. The smallest absolute Gasteiger partial charge is 0.339 e. The number of carboxylic acids is 1. The Bertz CT molecular complexity index is 419.